The molecule has 0 saturated carbocycles. The smallest absolute Gasteiger partial charge is 0.240 e. The summed E-state index contributed by atoms with van der Waals surface area (Å²) in [4.78, 5) is 4.35. The van der Waals surface area contributed by atoms with Crippen LogP contribution in [-0.4, -0.2) is 27.9 Å². The van der Waals surface area contributed by atoms with Gasteiger partial charge in [-0.3, -0.25) is 0 Å². The first-order valence-corrected chi connectivity index (χ1v) is 6.98. The van der Waals surface area contributed by atoms with Gasteiger partial charge in [-0.1, -0.05) is 35.5 Å². The monoisotopic (exact) mass is 275 g/mol. The Hall–Kier alpha value is -1.72. The first kappa shape index (κ1) is 14.7. The number of hydrogen-bond donors (Lipinski definition) is 2. The van der Waals surface area contributed by atoms with Gasteiger partial charge in [-0.25, -0.2) is 0 Å². The predicted molar refractivity (Wildman–Crippen MR) is 76.2 cm³/mol. The van der Waals surface area contributed by atoms with E-state index in [4.69, 9.17) is 9.63 Å². The molecule has 1 aromatic heterocycles. The third kappa shape index (κ3) is 5.11. The Balaban J connectivity index is 1.72. The summed E-state index contributed by atoms with van der Waals surface area (Å²) in [7, 11) is 0. The molecule has 1 unspecified atom stereocenters. The van der Waals surface area contributed by atoms with Crippen molar-refractivity contribution in [2.45, 2.75) is 38.8 Å². The molecule has 0 amide bonds. The van der Waals surface area contributed by atoms with Gasteiger partial charge >= 0.3 is 0 Å². The molecule has 2 rings (SSSR count). The van der Waals surface area contributed by atoms with E-state index >= 15 is 0 Å². The first-order valence-electron chi connectivity index (χ1n) is 6.98. The van der Waals surface area contributed by atoms with E-state index in [-0.39, 0.29) is 6.10 Å². The molecule has 0 radical (unpaired) electrons. The summed E-state index contributed by atoms with van der Waals surface area (Å²) >= 11 is 0. The van der Waals surface area contributed by atoms with Crippen LogP contribution < -0.4 is 5.32 Å². The number of aromatic nitrogens is 2. The van der Waals surface area contributed by atoms with Crippen LogP contribution in [0.4, 0.5) is 0 Å². The molecule has 0 fully saturated rings. The van der Waals surface area contributed by atoms with Crippen molar-refractivity contribution in [3.8, 4) is 0 Å². The topological polar surface area (TPSA) is 71.2 Å². The Morgan fingerprint density at radius 3 is 2.85 bits per heavy atom. The molecule has 1 aromatic carbocycles. The molecule has 2 N–H and O–H groups in total. The van der Waals surface area contributed by atoms with Gasteiger partial charge in [0.05, 0.1) is 12.6 Å². The van der Waals surface area contributed by atoms with Gasteiger partial charge in [0.1, 0.15) is 0 Å². The first-order chi connectivity index (χ1) is 9.74. The van der Waals surface area contributed by atoms with Gasteiger partial charge < -0.3 is 14.9 Å². The van der Waals surface area contributed by atoms with E-state index in [9.17, 15) is 0 Å². The fraction of sp³-hybridized carbons (Fsp3) is 0.467. The maximum absolute atomic E-state index is 9.14. The van der Waals surface area contributed by atoms with Crippen LogP contribution in [0.25, 0.3) is 0 Å². The lowest BCUT2D eigenvalue weighted by atomic mass is 10.1. The van der Waals surface area contributed by atoms with Crippen LogP contribution in [0.5, 0.6) is 0 Å². The Morgan fingerprint density at radius 1 is 1.30 bits per heavy atom. The Bertz CT molecular complexity index is 497. The number of rotatable bonds is 8. The highest BCUT2D eigenvalue weighted by Gasteiger charge is 2.06. The van der Waals surface area contributed by atoms with Crippen LogP contribution in [-0.2, 0) is 13.0 Å². The molecule has 5 heteroatoms. The molecule has 0 aliphatic heterocycles. The molecule has 0 aliphatic rings. The zero-order valence-electron chi connectivity index (χ0n) is 11.7. The second kappa shape index (κ2) is 7.77. The van der Waals surface area contributed by atoms with Crippen LogP contribution in [0, 0.1) is 0 Å². The normalized spacial score (nSPS) is 12.5. The molecule has 0 saturated heterocycles. The largest absolute Gasteiger partial charge is 0.393 e. The van der Waals surface area contributed by atoms with Crippen molar-refractivity contribution < 1.29 is 9.63 Å². The second-order valence-electron chi connectivity index (χ2n) is 4.93. The standard InChI is InChI=1S/C15H21N3O2/c1-12(19)6-5-9-16-11-15-17-14(18-20-15)10-13-7-3-2-4-8-13/h2-4,7-8,12,16,19H,5-6,9-11H2,1H3. The van der Waals surface area contributed by atoms with Gasteiger partial charge in [-0.2, -0.15) is 4.98 Å². The number of nitrogens with zero attached hydrogens (tertiary/aromatic N) is 2. The zero-order chi connectivity index (χ0) is 14.2. The second-order valence-corrected chi connectivity index (χ2v) is 4.93. The van der Waals surface area contributed by atoms with Gasteiger partial charge in [-0.15, -0.1) is 0 Å². The summed E-state index contributed by atoms with van der Waals surface area (Å²) in [6.45, 7) is 3.21. The van der Waals surface area contributed by atoms with E-state index < -0.39 is 0 Å². The third-order valence-corrected chi connectivity index (χ3v) is 2.97. The van der Waals surface area contributed by atoms with E-state index in [2.05, 4.69) is 15.5 Å². The average molecular weight is 275 g/mol. The minimum Gasteiger partial charge on any atom is -0.393 e. The summed E-state index contributed by atoms with van der Waals surface area (Å²) in [6.07, 6.45) is 2.18. The van der Waals surface area contributed by atoms with Crippen molar-refractivity contribution >= 4 is 0 Å². The highest BCUT2D eigenvalue weighted by Crippen LogP contribution is 2.06. The average Bonchev–Trinajstić information content (AvgIpc) is 2.87. The van der Waals surface area contributed by atoms with E-state index in [1.807, 2.05) is 30.3 Å². The Kier molecular flexibility index (Phi) is 5.70. The lowest BCUT2D eigenvalue weighted by Crippen LogP contribution is -2.16. The molecule has 5 nitrogen and oxygen atoms in total. The number of nitrogens with one attached hydrogen (secondary N) is 1. The van der Waals surface area contributed by atoms with Crippen molar-refractivity contribution in [2.24, 2.45) is 0 Å². The number of hydrogen-bond acceptors (Lipinski definition) is 5. The van der Waals surface area contributed by atoms with Gasteiger partial charge in [-0.05, 0) is 31.9 Å². The van der Waals surface area contributed by atoms with Gasteiger partial charge in [0, 0.05) is 6.42 Å². The molecule has 0 aliphatic carbocycles. The molecule has 2 aromatic rings. The van der Waals surface area contributed by atoms with Crippen LogP contribution in [0.3, 0.4) is 0 Å². The van der Waals surface area contributed by atoms with Crippen LogP contribution in [0.15, 0.2) is 34.9 Å². The highest BCUT2D eigenvalue weighted by atomic mass is 16.5. The number of aliphatic hydroxyl groups is 1. The summed E-state index contributed by atoms with van der Waals surface area (Å²) in [5.74, 6) is 1.31. The lowest BCUT2D eigenvalue weighted by Gasteiger charge is -2.03. The minimum atomic E-state index is -0.238. The van der Waals surface area contributed by atoms with Crippen LogP contribution >= 0.6 is 0 Å². The zero-order valence-corrected chi connectivity index (χ0v) is 11.7. The highest BCUT2D eigenvalue weighted by molar-refractivity contribution is 5.18. The van der Waals surface area contributed by atoms with E-state index in [1.165, 1.54) is 5.56 Å². The maximum atomic E-state index is 9.14. The van der Waals surface area contributed by atoms with E-state index in [1.54, 1.807) is 6.92 Å². The van der Waals surface area contributed by atoms with Crippen molar-refractivity contribution in [3.05, 3.63) is 47.6 Å². The summed E-state index contributed by atoms with van der Waals surface area (Å²) < 4.78 is 5.19. The fourth-order valence-electron chi connectivity index (χ4n) is 1.93. The third-order valence-electron chi connectivity index (χ3n) is 2.97. The van der Waals surface area contributed by atoms with Crippen molar-refractivity contribution in [3.63, 3.8) is 0 Å². The fourth-order valence-corrected chi connectivity index (χ4v) is 1.93. The van der Waals surface area contributed by atoms with Gasteiger partial charge in [0.25, 0.3) is 0 Å². The summed E-state index contributed by atoms with van der Waals surface area (Å²) in [5.41, 5.74) is 1.17. The van der Waals surface area contributed by atoms with E-state index in [0.29, 0.717) is 24.7 Å². The quantitative estimate of drug-likeness (QED) is 0.720. The lowest BCUT2D eigenvalue weighted by molar-refractivity contribution is 0.181. The van der Waals surface area contributed by atoms with Crippen LogP contribution in [0.1, 0.15) is 37.0 Å². The summed E-state index contributed by atoms with van der Waals surface area (Å²) in [5, 5.41) is 16.3. The minimum absolute atomic E-state index is 0.238. The number of benzene rings is 1. The van der Waals surface area contributed by atoms with Crippen molar-refractivity contribution in [2.75, 3.05) is 6.54 Å². The Labute approximate surface area is 119 Å². The molecule has 0 spiro atoms. The SMILES string of the molecule is CC(O)CCCNCc1nc(Cc2ccccc2)no1. The van der Waals surface area contributed by atoms with Gasteiger partial charge in [0.2, 0.25) is 5.89 Å². The molecule has 1 heterocycles. The molecular weight excluding hydrogens is 254 g/mol. The molecule has 108 valence electrons. The van der Waals surface area contributed by atoms with Crippen molar-refractivity contribution in [1.29, 1.82) is 0 Å². The molecule has 1 atom stereocenters. The molecule has 20 heavy (non-hydrogen) atoms. The van der Waals surface area contributed by atoms with E-state index in [0.717, 1.165) is 19.4 Å². The molecular formula is C15H21N3O2. The van der Waals surface area contributed by atoms with Crippen LogP contribution in [0.2, 0.25) is 0 Å². The van der Waals surface area contributed by atoms with Gasteiger partial charge in [0.15, 0.2) is 5.82 Å². The predicted octanol–water partition coefficient (Wildman–Crippen LogP) is 1.91. The number of aliphatic hydroxyl groups excluding tert-OH is 1. The van der Waals surface area contributed by atoms with Crippen molar-refractivity contribution in [1.82, 2.24) is 15.5 Å². The maximum Gasteiger partial charge on any atom is 0.240 e. The Morgan fingerprint density at radius 2 is 2.10 bits per heavy atom. The summed E-state index contributed by atoms with van der Waals surface area (Å²) in [6, 6.07) is 10.1. The molecule has 0 bridgehead atoms.